The number of anilines is 5. The van der Waals surface area contributed by atoms with Crippen LogP contribution < -0.4 is 26.0 Å². The van der Waals surface area contributed by atoms with Gasteiger partial charge in [-0.05, 0) is 69.6 Å². The van der Waals surface area contributed by atoms with Gasteiger partial charge >= 0.3 is 0 Å². The largest absolute Gasteiger partial charge is 0.495 e. The number of carbonyl (C=O) groups is 1. The van der Waals surface area contributed by atoms with Gasteiger partial charge < -0.3 is 25.3 Å². The number of halogens is 1. The smallest absolute Gasteiger partial charge is 0.248 e. The molecule has 11 heteroatoms. The SMILES string of the molecule is COc1ccc(NC(=O)/C=C/CN2CCCCC2)cc1Nc1ncc(Cl)c(Nc2ccccc2P(C)(C)=O)n1. The number of amides is 1. The highest BCUT2D eigenvalue weighted by molar-refractivity contribution is 7.70. The third-order valence-electron chi connectivity index (χ3n) is 6.28. The van der Waals surface area contributed by atoms with Gasteiger partial charge in [0.15, 0.2) is 5.82 Å². The number of para-hydroxylation sites is 1. The van der Waals surface area contributed by atoms with Gasteiger partial charge in [0.1, 0.15) is 17.9 Å². The van der Waals surface area contributed by atoms with Gasteiger partial charge in [0.25, 0.3) is 0 Å². The number of benzene rings is 2. The number of hydrogen-bond donors (Lipinski definition) is 3. The summed E-state index contributed by atoms with van der Waals surface area (Å²) in [4.78, 5) is 23.7. The summed E-state index contributed by atoms with van der Waals surface area (Å²) >= 11 is 6.38. The Morgan fingerprint density at radius 2 is 1.87 bits per heavy atom. The number of carbonyl (C=O) groups excluding carboxylic acids is 1. The number of ether oxygens (including phenoxy) is 1. The molecule has 1 saturated heterocycles. The Hall–Kier alpha value is -3.39. The lowest BCUT2D eigenvalue weighted by atomic mass is 10.1. The Bertz CT molecular complexity index is 1390. The zero-order valence-corrected chi connectivity index (χ0v) is 24.1. The molecule has 2 aromatic carbocycles. The standard InChI is InChI=1S/C28H34ClN6O3P/c1-38-24-14-13-20(31-26(36)12-9-17-35-15-7-4-8-16-35)18-23(24)33-28-30-19-21(29)27(34-28)32-22-10-5-6-11-25(22)39(2,3)37/h5-6,9-14,18-19H,4,7-8,15-17H2,1-3H3,(H,31,36)(H2,30,32,33,34)/b12-9+. The minimum Gasteiger partial charge on any atom is -0.495 e. The van der Waals surface area contributed by atoms with Crippen LogP contribution >= 0.6 is 18.7 Å². The fraction of sp³-hybridized carbons (Fsp3) is 0.321. The Labute approximate surface area is 234 Å². The molecule has 2 heterocycles. The maximum Gasteiger partial charge on any atom is 0.248 e. The fourth-order valence-corrected chi connectivity index (χ4v) is 5.62. The van der Waals surface area contributed by atoms with Crippen molar-refractivity contribution in [1.82, 2.24) is 14.9 Å². The second-order valence-electron chi connectivity index (χ2n) is 9.68. The van der Waals surface area contributed by atoms with Crippen LogP contribution in [0.1, 0.15) is 19.3 Å². The van der Waals surface area contributed by atoms with Crippen LogP contribution in [0.2, 0.25) is 5.02 Å². The van der Waals surface area contributed by atoms with E-state index in [1.807, 2.05) is 30.3 Å². The molecule has 0 saturated carbocycles. The maximum atomic E-state index is 12.8. The lowest BCUT2D eigenvalue weighted by Gasteiger charge is -2.24. The van der Waals surface area contributed by atoms with E-state index < -0.39 is 7.14 Å². The van der Waals surface area contributed by atoms with E-state index in [1.54, 1.807) is 44.7 Å². The molecule has 1 fully saturated rings. The van der Waals surface area contributed by atoms with Gasteiger partial charge in [-0.2, -0.15) is 4.98 Å². The summed E-state index contributed by atoms with van der Waals surface area (Å²) in [6.07, 6.45) is 8.64. The van der Waals surface area contributed by atoms with Crippen molar-refractivity contribution in [3.8, 4) is 5.75 Å². The van der Waals surface area contributed by atoms with E-state index in [9.17, 15) is 9.36 Å². The van der Waals surface area contributed by atoms with Gasteiger partial charge in [-0.1, -0.05) is 36.2 Å². The summed E-state index contributed by atoms with van der Waals surface area (Å²) in [5.74, 6) is 0.959. The van der Waals surface area contributed by atoms with Crippen LogP contribution in [-0.2, 0) is 9.36 Å². The summed E-state index contributed by atoms with van der Waals surface area (Å²) < 4.78 is 18.3. The first-order valence-electron chi connectivity index (χ1n) is 12.8. The summed E-state index contributed by atoms with van der Waals surface area (Å²) in [6, 6.07) is 12.6. The second kappa shape index (κ2) is 13.1. The van der Waals surface area contributed by atoms with Crippen molar-refractivity contribution in [2.24, 2.45) is 0 Å². The van der Waals surface area contributed by atoms with E-state index in [4.69, 9.17) is 16.3 Å². The highest BCUT2D eigenvalue weighted by Crippen LogP contribution is 2.39. The van der Waals surface area contributed by atoms with Crippen LogP contribution in [-0.4, -0.2) is 60.8 Å². The molecule has 1 amide bonds. The van der Waals surface area contributed by atoms with Crippen LogP contribution in [0.25, 0.3) is 0 Å². The van der Waals surface area contributed by atoms with E-state index in [0.717, 1.165) is 19.6 Å². The van der Waals surface area contributed by atoms with Crippen molar-refractivity contribution in [1.29, 1.82) is 0 Å². The fourth-order valence-electron chi connectivity index (χ4n) is 4.33. The average molecular weight is 569 g/mol. The summed E-state index contributed by atoms with van der Waals surface area (Å²) in [7, 11) is -0.982. The van der Waals surface area contributed by atoms with E-state index in [2.05, 4.69) is 30.8 Å². The number of piperidine rings is 1. The molecule has 1 aliphatic heterocycles. The topological polar surface area (TPSA) is 108 Å². The van der Waals surface area contributed by atoms with Gasteiger partial charge in [0.2, 0.25) is 11.9 Å². The van der Waals surface area contributed by atoms with Gasteiger partial charge in [0, 0.05) is 23.6 Å². The van der Waals surface area contributed by atoms with Gasteiger partial charge in [-0.15, -0.1) is 0 Å². The normalized spacial score (nSPS) is 14.3. The van der Waals surface area contributed by atoms with Crippen molar-refractivity contribution in [3.05, 3.63) is 65.8 Å². The number of nitrogens with zero attached hydrogens (tertiary/aromatic N) is 3. The van der Waals surface area contributed by atoms with Crippen molar-refractivity contribution in [3.63, 3.8) is 0 Å². The molecular formula is C28H34ClN6O3P. The monoisotopic (exact) mass is 568 g/mol. The molecule has 1 aromatic heterocycles. The third kappa shape index (κ3) is 8.05. The molecule has 0 atom stereocenters. The van der Waals surface area contributed by atoms with E-state index in [0.29, 0.717) is 39.0 Å². The molecule has 39 heavy (non-hydrogen) atoms. The van der Waals surface area contributed by atoms with Crippen molar-refractivity contribution in [2.45, 2.75) is 19.3 Å². The van der Waals surface area contributed by atoms with Gasteiger partial charge in [0.05, 0.1) is 24.7 Å². The molecule has 0 unspecified atom stereocenters. The number of aromatic nitrogens is 2. The molecule has 9 nitrogen and oxygen atoms in total. The Morgan fingerprint density at radius 1 is 1.10 bits per heavy atom. The van der Waals surface area contributed by atoms with E-state index in [1.165, 1.54) is 25.5 Å². The summed E-state index contributed by atoms with van der Waals surface area (Å²) in [5, 5.41) is 10.2. The van der Waals surface area contributed by atoms with Crippen LogP contribution in [0, 0.1) is 0 Å². The Balaban J connectivity index is 1.48. The average Bonchev–Trinajstić information content (AvgIpc) is 2.91. The first-order valence-corrected chi connectivity index (χ1v) is 15.8. The second-order valence-corrected chi connectivity index (χ2v) is 13.3. The molecule has 3 aromatic rings. The molecular weight excluding hydrogens is 535 g/mol. The molecule has 206 valence electrons. The van der Waals surface area contributed by atoms with Crippen molar-refractivity contribution < 1.29 is 14.1 Å². The molecule has 0 radical (unpaired) electrons. The van der Waals surface area contributed by atoms with Crippen LogP contribution in [0.5, 0.6) is 5.75 Å². The Morgan fingerprint density at radius 3 is 2.62 bits per heavy atom. The molecule has 4 rings (SSSR count). The van der Waals surface area contributed by atoms with Crippen molar-refractivity contribution in [2.75, 3.05) is 56.0 Å². The lowest BCUT2D eigenvalue weighted by molar-refractivity contribution is -0.111. The van der Waals surface area contributed by atoms with Crippen molar-refractivity contribution >= 4 is 58.8 Å². The minimum absolute atomic E-state index is 0.208. The Kier molecular flexibility index (Phi) is 9.62. The molecule has 0 bridgehead atoms. The summed E-state index contributed by atoms with van der Waals surface area (Å²) in [5.41, 5.74) is 1.81. The highest BCUT2D eigenvalue weighted by Gasteiger charge is 2.17. The lowest BCUT2D eigenvalue weighted by Crippen LogP contribution is -2.29. The number of likely N-dealkylation sites (tertiary alicyclic amines) is 1. The van der Waals surface area contributed by atoms with Crippen LogP contribution in [0.15, 0.2) is 60.8 Å². The molecule has 0 aliphatic carbocycles. The first-order chi connectivity index (χ1) is 18.7. The minimum atomic E-state index is -2.54. The van der Waals surface area contributed by atoms with Gasteiger partial charge in [-0.25, -0.2) is 4.98 Å². The van der Waals surface area contributed by atoms with E-state index >= 15 is 0 Å². The highest BCUT2D eigenvalue weighted by atomic mass is 35.5. The number of nitrogens with one attached hydrogen (secondary N) is 3. The number of hydrogen-bond acceptors (Lipinski definition) is 8. The number of rotatable bonds is 10. The zero-order valence-electron chi connectivity index (χ0n) is 22.4. The van der Waals surface area contributed by atoms with Gasteiger partial charge in [-0.3, -0.25) is 9.69 Å². The number of methoxy groups -OCH3 is 1. The molecule has 3 N–H and O–H groups in total. The van der Waals surface area contributed by atoms with Crippen LogP contribution in [0.4, 0.5) is 28.8 Å². The predicted molar refractivity (Wildman–Crippen MR) is 160 cm³/mol. The third-order valence-corrected chi connectivity index (χ3v) is 8.10. The van der Waals surface area contributed by atoms with E-state index in [-0.39, 0.29) is 11.9 Å². The maximum absolute atomic E-state index is 12.8. The summed E-state index contributed by atoms with van der Waals surface area (Å²) in [6.45, 7) is 6.35. The zero-order chi connectivity index (χ0) is 27.8. The van der Waals surface area contributed by atoms with Crippen LogP contribution in [0.3, 0.4) is 0 Å². The predicted octanol–water partition coefficient (Wildman–Crippen LogP) is 5.85. The first kappa shape index (κ1) is 28.6. The molecule has 1 aliphatic rings. The molecule has 0 spiro atoms. The quantitative estimate of drug-likeness (QED) is 0.206.